The van der Waals surface area contributed by atoms with Crippen LogP contribution in [-0.2, 0) is 9.53 Å². The molecule has 0 spiro atoms. The highest BCUT2D eigenvalue weighted by molar-refractivity contribution is 5.76. The minimum atomic E-state index is -0.0463. The first-order chi connectivity index (χ1) is 4.18. The second-order valence-corrected chi connectivity index (χ2v) is 2.77. The van der Waals surface area contributed by atoms with Crippen LogP contribution in [0.5, 0.6) is 0 Å². The molecule has 2 atom stereocenters. The quantitative estimate of drug-likeness (QED) is 0.493. The zero-order valence-corrected chi connectivity index (χ0v) is 6.05. The van der Waals surface area contributed by atoms with Crippen LogP contribution in [0.4, 0.5) is 0 Å². The smallest absolute Gasteiger partial charge is 0.309 e. The number of esters is 1. The molecule has 0 bridgehead atoms. The first-order valence-corrected chi connectivity index (χ1v) is 3.26. The summed E-state index contributed by atoms with van der Waals surface area (Å²) in [4.78, 5) is 10.8. The van der Waals surface area contributed by atoms with E-state index in [2.05, 4.69) is 18.6 Å². The fraction of sp³-hybridized carbons (Fsp3) is 0.857. The summed E-state index contributed by atoms with van der Waals surface area (Å²) in [5.41, 5.74) is 0. The van der Waals surface area contributed by atoms with Crippen LogP contribution in [0.1, 0.15) is 13.8 Å². The summed E-state index contributed by atoms with van der Waals surface area (Å²) < 4.78 is 4.58. The van der Waals surface area contributed by atoms with Crippen molar-refractivity contribution in [2.24, 2.45) is 17.8 Å². The maximum atomic E-state index is 10.8. The third kappa shape index (κ3) is 0.934. The summed E-state index contributed by atoms with van der Waals surface area (Å²) in [5, 5.41) is 0. The molecule has 52 valence electrons. The summed E-state index contributed by atoms with van der Waals surface area (Å²) in [6, 6.07) is 0. The first-order valence-electron chi connectivity index (χ1n) is 3.26. The van der Waals surface area contributed by atoms with Crippen molar-refractivity contribution in [2.75, 3.05) is 7.11 Å². The van der Waals surface area contributed by atoms with Crippen LogP contribution in [0.3, 0.4) is 0 Å². The summed E-state index contributed by atoms with van der Waals surface area (Å²) in [5.74, 6) is 1.22. The molecule has 1 aliphatic carbocycles. The molecule has 1 fully saturated rings. The predicted octanol–water partition coefficient (Wildman–Crippen LogP) is 1.06. The Hall–Kier alpha value is -0.530. The molecule has 0 saturated heterocycles. The number of carbonyl (C=O) groups excluding carboxylic acids is 1. The number of rotatable bonds is 1. The zero-order valence-electron chi connectivity index (χ0n) is 6.05. The zero-order chi connectivity index (χ0) is 7.02. The van der Waals surface area contributed by atoms with E-state index < -0.39 is 0 Å². The molecule has 0 aromatic carbocycles. The molecule has 0 aliphatic heterocycles. The minimum Gasteiger partial charge on any atom is -0.469 e. The highest BCUT2D eigenvalue weighted by Crippen LogP contribution is 2.45. The van der Waals surface area contributed by atoms with E-state index in [1.54, 1.807) is 0 Å². The van der Waals surface area contributed by atoms with Crippen molar-refractivity contribution in [3.8, 4) is 0 Å². The van der Waals surface area contributed by atoms with Gasteiger partial charge in [-0.05, 0) is 11.8 Å². The Morgan fingerprint density at radius 3 is 1.89 bits per heavy atom. The van der Waals surface area contributed by atoms with Crippen LogP contribution in [0.25, 0.3) is 0 Å². The van der Waals surface area contributed by atoms with Crippen molar-refractivity contribution in [3.05, 3.63) is 0 Å². The van der Waals surface area contributed by atoms with Crippen molar-refractivity contribution in [1.82, 2.24) is 0 Å². The second kappa shape index (κ2) is 2.01. The maximum Gasteiger partial charge on any atom is 0.309 e. The van der Waals surface area contributed by atoms with Gasteiger partial charge in [-0.25, -0.2) is 0 Å². The molecule has 1 rings (SSSR count). The first kappa shape index (κ1) is 6.59. The number of hydrogen-bond acceptors (Lipinski definition) is 2. The van der Waals surface area contributed by atoms with E-state index in [0.29, 0.717) is 11.8 Å². The van der Waals surface area contributed by atoms with Gasteiger partial charge >= 0.3 is 5.97 Å². The van der Waals surface area contributed by atoms with Gasteiger partial charge in [-0.3, -0.25) is 4.79 Å². The Kier molecular flexibility index (Phi) is 1.47. The standard InChI is InChI=1S/C7H12O2/c1-4-5(2)6(4)7(8)9-3/h4-6H,1-3H3. The molecule has 1 saturated carbocycles. The molecular weight excluding hydrogens is 116 g/mol. The Morgan fingerprint density at radius 2 is 1.78 bits per heavy atom. The maximum absolute atomic E-state index is 10.8. The van der Waals surface area contributed by atoms with Crippen molar-refractivity contribution in [2.45, 2.75) is 13.8 Å². The Balaban J connectivity index is 2.40. The van der Waals surface area contributed by atoms with Crippen LogP contribution in [0, 0.1) is 17.8 Å². The topological polar surface area (TPSA) is 26.3 Å². The van der Waals surface area contributed by atoms with E-state index in [1.165, 1.54) is 7.11 Å². The van der Waals surface area contributed by atoms with Crippen LogP contribution < -0.4 is 0 Å². The van der Waals surface area contributed by atoms with Gasteiger partial charge in [0.15, 0.2) is 0 Å². The van der Waals surface area contributed by atoms with Gasteiger partial charge in [0.25, 0.3) is 0 Å². The van der Waals surface area contributed by atoms with Gasteiger partial charge < -0.3 is 4.74 Å². The third-order valence-corrected chi connectivity index (χ3v) is 2.29. The summed E-state index contributed by atoms with van der Waals surface area (Å²) in [6.07, 6.45) is 0. The highest BCUT2D eigenvalue weighted by Gasteiger charge is 2.48. The van der Waals surface area contributed by atoms with E-state index in [4.69, 9.17) is 0 Å². The fourth-order valence-electron chi connectivity index (χ4n) is 1.23. The molecule has 0 radical (unpaired) electrons. The Labute approximate surface area is 55.2 Å². The van der Waals surface area contributed by atoms with E-state index in [-0.39, 0.29) is 11.9 Å². The normalized spacial score (nSPS) is 40.1. The molecular formula is C7H12O2. The number of carbonyl (C=O) groups is 1. The Bertz CT molecular complexity index is 123. The van der Waals surface area contributed by atoms with Gasteiger partial charge in [-0.15, -0.1) is 0 Å². The van der Waals surface area contributed by atoms with E-state index >= 15 is 0 Å². The fourth-order valence-corrected chi connectivity index (χ4v) is 1.23. The lowest BCUT2D eigenvalue weighted by atomic mass is 10.3. The van der Waals surface area contributed by atoms with Gasteiger partial charge in [0.2, 0.25) is 0 Å². The third-order valence-electron chi connectivity index (χ3n) is 2.29. The number of methoxy groups -OCH3 is 1. The molecule has 0 heterocycles. The summed E-state index contributed by atoms with van der Waals surface area (Å²) in [7, 11) is 1.44. The van der Waals surface area contributed by atoms with Gasteiger partial charge in [0, 0.05) is 0 Å². The summed E-state index contributed by atoms with van der Waals surface area (Å²) in [6.45, 7) is 4.15. The monoisotopic (exact) mass is 128 g/mol. The largest absolute Gasteiger partial charge is 0.469 e. The minimum absolute atomic E-state index is 0.0463. The van der Waals surface area contributed by atoms with Crippen molar-refractivity contribution >= 4 is 5.97 Å². The molecule has 0 amide bonds. The SMILES string of the molecule is COC(=O)C1C(C)C1C. The van der Waals surface area contributed by atoms with Crippen LogP contribution in [0.15, 0.2) is 0 Å². The van der Waals surface area contributed by atoms with Crippen LogP contribution >= 0.6 is 0 Å². The van der Waals surface area contributed by atoms with Gasteiger partial charge in [0.1, 0.15) is 0 Å². The molecule has 2 unspecified atom stereocenters. The predicted molar refractivity (Wildman–Crippen MR) is 33.8 cm³/mol. The average molecular weight is 128 g/mol. The van der Waals surface area contributed by atoms with E-state index in [0.717, 1.165) is 0 Å². The van der Waals surface area contributed by atoms with E-state index in [9.17, 15) is 4.79 Å². The van der Waals surface area contributed by atoms with Gasteiger partial charge in [-0.1, -0.05) is 13.8 Å². The van der Waals surface area contributed by atoms with Crippen molar-refractivity contribution in [1.29, 1.82) is 0 Å². The molecule has 1 aliphatic rings. The molecule has 2 nitrogen and oxygen atoms in total. The van der Waals surface area contributed by atoms with Crippen molar-refractivity contribution < 1.29 is 9.53 Å². The molecule has 0 aromatic rings. The molecule has 2 heteroatoms. The lowest BCUT2D eigenvalue weighted by molar-refractivity contribution is -0.142. The molecule has 0 aromatic heterocycles. The number of ether oxygens (including phenoxy) is 1. The lowest BCUT2D eigenvalue weighted by Crippen LogP contribution is -2.04. The van der Waals surface area contributed by atoms with E-state index in [1.807, 2.05) is 0 Å². The second-order valence-electron chi connectivity index (χ2n) is 2.77. The van der Waals surface area contributed by atoms with Crippen molar-refractivity contribution in [3.63, 3.8) is 0 Å². The number of hydrogen-bond donors (Lipinski definition) is 0. The van der Waals surface area contributed by atoms with Crippen LogP contribution in [-0.4, -0.2) is 13.1 Å². The summed E-state index contributed by atoms with van der Waals surface area (Å²) >= 11 is 0. The van der Waals surface area contributed by atoms with Gasteiger partial charge in [-0.2, -0.15) is 0 Å². The molecule has 0 N–H and O–H groups in total. The molecule has 9 heavy (non-hydrogen) atoms. The highest BCUT2D eigenvalue weighted by atomic mass is 16.5. The average Bonchev–Trinajstić information content (AvgIpc) is 2.40. The lowest BCUT2D eigenvalue weighted by Gasteiger charge is -1.92. The van der Waals surface area contributed by atoms with Gasteiger partial charge in [0.05, 0.1) is 13.0 Å². The Morgan fingerprint density at radius 1 is 1.33 bits per heavy atom. The van der Waals surface area contributed by atoms with Crippen LogP contribution in [0.2, 0.25) is 0 Å².